The molecule has 1 spiro atoms. The highest BCUT2D eigenvalue weighted by atomic mass is 19.1. The first-order valence-electron chi connectivity index (χ1n) is 12.3. The van der Waals surface area contributed by atoms with Crippen molar-refractivity contribution in [2.24, 2.45) is 0 Å². The first-order valence-corrected chi connectivity index (χ1v) is 12.3. The van der Waals surface area contributed by atoms with Gasteiger partial charge in [0.05, 0.1) is 13.7 Å². The minimum atomic E-state index is -0.407. The Morgan fingerprint density at radius 2 is 1.82 bits per heavy atom. The number of hydrogen-bond acceptors (Lipinski definition) is 5. The molecule has 0 aromatic heterocycles. The summed E-state index contributed by atoms with van der Waals surface area (Å²) in [7, 11) is 1.60. The van der Waals surface area contributed by atoms with Gasteiger partial charge < -0.3 is 24.4 Å². The molecule has 34 heavy (non-hydrogen) atoms. The van der Waals surface area contributed by atoms with Crippen LogP contribution in [0, 0.1) is 5.82 Å². The average Bonchev–Trinajstić information content (AvgIpc) is 3.02. The van der Waals surface area contributed by atoms with Gasteiger partial charge in [0.15, 0.2) is 0 Å². The highest BCUT2D eigenvalue weighted by Crippen LogP contribution is 2.46. The van der Waals surface area contributed by atoms with Crippen LogP contribution in [0.25, 0.3) is 0 Å². The van der Waals surface area contributed by atoms with E-state index >= 15 is 0 Å². The van der Waals surface area contributed by atoms with Crippen molar-refractivity contribution >= 4 is 6.09 Å². The molecule has 3 aliphatic rings. The molecule has 2 fully saturated rings. The number of benzene rings is 2. The first-order chi connectivity index (χ1) is 16.5. The molecule has 5 rings (SSSR count). The summed E-state index contributed by atoms with van der Waals surface area (Å²) in [5, 5.41) is 3.09. The smallest absolute Gasteiger partial charge is 0.412 e. The van der Waals surface area contributed by atoms with E-state index in [0.717, 1.165) is 75.1 Å². The van der Waals surface area contributed by atoms with E-state index in [1.807, 2.05) is 0 Å². The number of carbonyl (C=O) groups excluding carboxylic acids is 1. The second-order valence-electron chi connectivity index (χ2n) is 9.83. The number of hydrogen-bond donors (Lipinski definition) is 1. The number of halogens is 1. The van der Waals surface area contributed by atoms with Crippen molar-refractivity contribution in [2.45, 2.75) is 62.4 Å². The largest absolute Gasteiger partial charge is 0.497 e. The number of fused-ring (bicyclic) bond motifs is 2. The fourth-order valence-electron chi connectivity index (χ4n) is 5.81. The summed E-state index contributed by atoms with van der Waals surface area (Å²) in [4.78, 5) is 15.1. The van der Waals surface area contributed by atoms with Gasteiger partial charge in [-0.1, -0.05) is 12.8 Å². The normalized spacial score (nSPS) is 24.1. The fourth-order valence-corrected chi connectivity index (χ4v) is 5.81. The van der Waals surface area contributed by atoms with Crippen molar-refractivity contribution in [2.75, 3.05) is 26.8 Å². The minimum absolute atomic E-state index is 0.0709. The zero-order valence-corrected chi connectivity index (χ0v) is 19.7. The van der Waals surface area contributed by atoms with Crippen LogP contribution >= 0.6 is 0 Å². The summed E-state index contributed by atoms with van der Waals surface area (Å²) >= 11 is 0. The van der Waals surface area contributed by atoms with Crippen molar-refractivity contribution in [3.63, 3.8) is 0 Å². The molecule has 6 nitrogen and oxygen atoms in total. The Hall–Kier alpha value is -2.80. The molecule has 2 atom stereocenters. The maximum Gasteiger partial charge on any atom is 0.412 e. The van der Waals surface area contributed by atoms with Crippen LogP contribution in [0.1, 0.15) is 50.5 Å². The third kappa shape index (κ3) is 4.85. The van der Waals surface area contributed by atoms with E-state index < -0.39 is 6.09 Å². The number of nitrogens with zero attached hydrogens (tertiary/aromatic N) is 1. The van der Waals surface area contributed by atoms with Crippen molar-refractivity contribution < 1.29 is 23.4 Å². The maximum atomic E-state index is 13.9. The van der Waals surface area contributed by atoms with Gasteiger partial charge in [0, 0.05) is 23.1 Å². The van der Waals surface area contributed by atoms with Crippen molar-refractivity contribution in [3.8, 4) is 17.2 Å². The van der Waals surface area contributed by atoms with E-state index in [2.05, 4.69) is 10.2 Å². The van der Waals surface area contributed by atoms with Crippen molar-refractivity contribution in [1.29, 1.82) is 0 Å². The van der Waals surface area contributed by atoms with Gasteiger partial charge >= 0.3 is 6.09 Å². The number of likely N-dealkylation sites (tertiary alicyclic amines) is 1. The van der Waals surface area contributed by atoms with Crippen molar-refractivity contribution in [3.05, 3.63) is 53.8 Å². The number of amides is 1. The quantitative estimate of drug-likeness (QED) is 0.637. The van der Waals surface area contributed by atoms with Crippen LogP contribution in [0.15, 0.2) is 42.5 Å². The van der Waals surface area contributed by atoms with Crippen LogP contribution in [0.3, 0.4) is 0 Å². The molecule has 1 saturated carbocycles. The fraction of sp³-hybridized carbons (Fsp3) is 0.519. The van der Waals surface area contributed by atoms with E-state index in [1.54, 1.807) is 43.5 Å². The van der Waals surface area contributed by atoms with Gasteiger partial charge in [-0.2, -0.15) is 0 Å². The third-order valence-corrected chi connectivity index (χ3v) is 7.78. The van der Waals surface area contributed by atoms with E-state index in [1.165, 1.54) is 6.07 Å². The predicted molar refractivity (Wildman–Crippen MR) is 127 cm³/mol. The second-order valence-corrected chi connectivity index (χ2v) is 9.83. The molecule has 2 unspecified atom stereocenters. The minimum Gasteiger partial charge on any atom is -0.497 e. The van der Waals surface area contributed by atoms with E-state index in [0.29, 0.717) is 18.4 Å². The monoisotopic (exact) mass is 468 g/mol. The van der Waals surface area contributed by atoms with Crippen LogP contribution in [-0.4, -0.2) is 49.9 Å². The molecule has 2 aromatic rings. The zero-order valence-electron chi connectivity index (χ0n) is 19.7. The number of piperidine rings is 1. The molecule has 0 radical (unpaired) electrons. The molecule has 0 bridgehead atoms. The lowest BCUT2D eigenvalue weighted by Gasteiger charge is -2.42. The molecular formula is C27H33FN2O4. The van der Waals surface area contributed by atoms with Gasteiger partial charge in [0.2, 0.25) is 0 Å². The number of rotatable bonds is 4. The zero-order chi connectivity index (χ0) is 23.5. The number of ether oxygens (including phenoxy) is 3. The van der Waals surface area contributed by atoms with Gasteiger partial charge in [-0.15, -0.1) is 0 Å². The summed E-state index contributed by atoms with van der Waals surface area (Å²) in [6.07, 6.45) is 6.82. The molecule has 1 saturated heterocycles. The molecule has 182 valence electrons. The lowest BCUT2D eigenvalue weighted by molar-refractivity contribution is 0.0892. The Balaban J connectivity index is 1.17. The van der Waals surface area contributed by atoms with E-state index in [9.17, 15) is 9.18 Å². The highest BCUT2D eigenvalue weighted by molar-refractivity contribution is 5.70. The summed E-state index contributed by atoms with van der Waals surface area (Å²) in [6.45, 7) is 2.58. The second kappa shape index (κ2) is 9.82. The standard InChI is InChI=1S/C27H33FN2O4/c1-32-22-7-9-23(10-8-22)34-26(31)29-20-4-2-3-5-21(17-20)30-14-12-27(13-15-30)18-33-25-11-6-19(28)16-24(25)27/h6-11,16,20-21H,2-5,12-15,17-18H2,1H3,(H,29,31). The topological polar surface area (TPSA) is 60.0 Å². The van der Waals surface area contributed by atoms with Crippen LogP contribution in [0.2, 0.25) is 0 Å². The van der Waals surface area contributed by atoms with Gasteiger partial charge in [0.1, 0.15) is 23.1 Å². The third-order valence-electron chi connectivity index (χ3n) is 7.78. The van der Waals surface area contributed by atoms with Crippen molar-refractivity contribution in [1.82, 2.24) is 10.2 Å². The molecule has 2 aromatic carbocycles. The van der Waals surface area contributed by atoms with Crippen LogP contribution < -0.4 is 19.5 Å². The average molecular weight is 469 g/mol. The number of carbonyl (C=O) groups is 1. The van der Waals surface area contributed by atoms with Gasteiger partial charge in [-0.25, -0.2) is 9.18 Å². The lowest BCUT2D eigenvalue weighted by atomic mass is 9.74. The summed E-state index contributed by atoms with van der Waals surface area (Å²) < 4.78 is 30.5. The van der Waals surface area contributed by atoms with Crippen LogP contribution in [0.4, 0.5) is 9.18 Å². The first kappa shape index (κ1) is 23.0. The van der Waals surface area contributed by atoms with Gasteiger partial charge in [0.25, 0.3) is 0 Å². The van der Waals surface area contributed by atoms with E-state index in [4.69, 9.17) is 14.2 Å². The molecule has 1 amide bonds. The summed E-state index contributed by atoms with van der Waals surface area (Å²) in [5.74, 6) is 1.87. The SMILES string of the molecule is COc1ccc(OC(=O)NC2CCCCC(N3CCC4(CC3)COc3ccc(F)cc34)C2)cc1. The van der Waals surface area contributed by atoms with Gasteiger partial charge in [-0.3, -0.25) is 0 Å². The van der Waals surface area contributed by atoms with E-state index in [-0.39, 0.29) is 17.3 Å². The Morgan fingerprint density at radius 1 is 1.09 bits per heavy atom. The molecule has 2 aliphatic heterocycles. The van der Waals surface area contributed by atoms with Crippen LogP contribution in [-0.2, 0) is 5.41 Å². The number of methoxy groups -OCH3 is 1. The highest BCUT2D eigenvalue weighted by Gasteiger charge is 2.44. The Morgan fingerprint density at radius 3 is 2.59 bits per heavy atom. The Kier molecular flexibility index (Phi) is 6.63. The lowest BCUT2D eigenvalue weighted by Crippen LogP contribution is -2.49. The molecule has 7 heteroatoms. The molecular weight excluding hydrogens is 435 g/mol. The summed E-state index contributed by atoms with van der Waals surface area (Å²) in [6, 6.07) is 12.4. The molecule has 2 heterocycles. The molecule has 1 aliphatic carbocycles. The summed E-state index contributed by atoms with van der Waals surface area (Å²) in [5.41, 5.74) is 0.965. The Bertz CT molecular complexity index is 1000. The maximum absolute atomic E-state index is 13.9. The molecule has 1 N–H and O–H groups in total. The van der Waals surface area contributed by atoms with Crippen LogP contribution in [0.5, 0.6) is 17.2 Å². The van der Waals surface area contributed by atoms with Gasteiger partial charge in [-0.05, 0) is 87.7 Å². The predicted octanol–water partition coefficient (Wildman–Crippen LogP) is 5.05. The Labute approximate surface area is 200 Å². The number of nitrogens with one attached hydrogen (secondary N) is 1.